The number of nitrogens with zero attached hydrogens (tertiary/aromatic N) is 1. The third-order valence-corrected chi connectivity index (χ3v) is 13.3. The molecule has 56 heavy (non-hydrogen) atoms. The molecule has 3 heterocycles. The Kier molecular flexibility index (Phi) is 17.2. The van der Waals surface area contributed by atoms with Gasteiger partial charge in [-0.1, -0.05) is 45.4 Å². The average Bonchev–Trinajstić information content (AvgIpc) is 3.18. The number of hydrogen-bond acceptors (Lipinski definition) is 11. The van der Waals surface area contributed by atoms with Crippen molar-refractivity contribution < 1.29 is 53.1 Å². The van der Waals surface area contributed by atoms with Crippen molar-refractivity contribution in [1.29, 1.82) is 0 Å². The lowest BCUT2D eigenvalue weighted by Crippen LogP contribution is -2.64. The first kappa shape index (κ1) is 46.5. The minimum absolute atomic E-state index is 0.0425. The molecule has 0 aromatic heterocycles. The number of carbonyl (C=O) groups excluding carboxylic acids is 4. The second kappa shape index (κ2) is 20.7. The first-order chi connectivity index (χ1) is 26.5. The van der Waals surface area contributed by atoms with E-state index in [4.69, 9.17) is 35.3 Å². The largest absolute Gasteiger partial charge is 0.456 e. The van der Waals surface area contributed by atoms with Crippen LogP contribution < -0.4 is 0 Å². The normalized spacial score (nSPS) is 41.6. The zero-order chi connectivity index (χ0) is 41.5. The van der Waals surface area contributed by atoms with Gasteiger partial charge in [0, 0.05) is 52.0 Å². The molecule has 13 heteroatoms. The minimum Gasteiger partial charge on any atom is -0.456 e. The summed E-state index contributed by atoms with van der Waals surface area (Å²) in [7, 11) is 4.71. The van der Waals surface area contributed by atoms with Crippen LogP contribution >= 0.6 is 11.6 Å². The third kappa shape index (κ3) is 10.9. The first-order valence-corrected chi connectivity index (χ1v) is 21.2. The van der Waals surface area contributed by atoms with E-state index in [1.165, 1.54) is 19.1 Å². The number of Topliss-reactive ketones (excluding diaryl/α,β-unsaturated/α-hetero) is 2. The molecule has 1 aliphatic carbocycles. The molecule has 4 rings (SSSR count). The number of allylic oxidation sites excluding steroid dienone is 3. The predicted molar refractivity (Wildman–Crippen MR) is 212 cm³/mol. The van der Waals surface area contributed by atoms with Gasteiger partial charge in [0.05, 0.1) is 29.8 Å². The van der Waals surface area contributed by atoms with Crippen LogP contribution in [-0.4, -0.2) is 120 Å². The van der Waals surface area contributed by atoms with Gasteiger partial charge in [0.1, 0.15) is 24.0 Å². The molecule has 2 bridgehead atoms. The van der Waals surface area contributed by atoms with Crippen LogP contribution in [0.25, 0.3) is 0 Å². The first-order valence-electron chi connectivity index (χ1n) is 20.7. The number of cyclic esters (lactones) is 1. The molecule has 3 fully saturated rings. The van der Waals surface area contributed by atoms with Crippen molar-refractivity contribution in [3.05, 3.63) is 23.3 Å². The van der Waals surface area contributed by atoms with Crippen LogP contribution in [0.2, 0.25) is 0 Å². The number of hydrogen-bond donors (Lipinski definition) is 2. The molecule has 0 aromatic rings. The standard InChI is InChI=1S/C43H68ClNO11/c1-10-30-18-24(2)17-25(3)19-36(53-8)39-37(54-9)21-27(5)43(51,56-39)40(48)41(49)45-16-12-11-13-32(45)42(50)55-38(28(6)33(46)23-34(30)47)26(4)20-29-14-15-31(44)35(22-29)52-7/h18,20,25,27-33,35-39,46,51H,10-17,19,21-23H2,1-9H3/b24-18-,26-20+/t25-,27+,28+,29-,30+,31-,32?,33?,35-,36-,37-,38+,39-,43+/m0/s1. The lowest BCUT2D eigenvalue weighted by Gasteiger charge is -2.47. The van der Waals surface area contributed by atoms with E-state index in [0.717, 1.165) is 18.4 Å². The molecule has 12 nitrogen and oxygen atoms in total. The van der Waals surface area contributed by atoms with E-state index in [1.807, 2.05) is 32.9 Å². The molecule has 14 atom stereocenters. The molecule has 3 aliphatic heterocycles. The van der Waals surface area contributed by atoms with E-state index < -0.39 is 77.8 Å². The summed E-state index contributed by atoms with van der Waals surface area (Å²) >= 11 is 6.52. The SMILES string of the molecule is CC[C@@H]1/C=C(/C)C[C@H](C)C[C@H](OC)[C@@H]2O[C@@](O)(C(=O)C(=O)N3CCCCC3C(=O)O[C@H](/C(C)=C/[C@@H]3CC[C@H](Cl)[C@@H](OC)C3)[C@H](C)C(O)CC1=O)[C@H](C)C[C@@H]2OC. The van der Waals surface area contributed by atoms with Gasteiger partial charge in [-0.25, -0.2) is 4.79 Å². The number of carbonyl (C=O) groups is 4. The highest BCUT2D eigenvalue weighted by Crippen LogP contribution is 2.39. The van der Waals surface area contributed by atoms with Gasteiger partial charge in [-0.05, 0) is 95.5 Å². The summed E-state index contributed by atoms with van der Waals surface area (Å²) < 4.78 is 29.9. The molecule has 0 radical (unpaired) electrons. The molecule has 2 saturated heterocycles. The van der Waals surface area contributed by atoms with Crippen LogP contribution in [-0.2, 0) is 42.9 Å². The Morgan fingerprint density at radius 3 is 2.27 bits per heavy atom. The second-order valence-electron chi connectivity index (χ2n) is 17.1. The molecule has 2 N–H and O–H groups in total. The highest BCUT2D eigenvalue weighted by atomic mass is 35.5. The summed E-state index contributed by atoms with van der Waals surface area (Å²) in [6.07, 6.45) is 5.16. The van der Waals surface area contributed by atoms with E-state index in [0.29, 0.717) is 44.1 Å². The number of aliphatic hydroxyl groups is 2. The zero-order valence-corrected chi connectivity index (χ0v) is 35.8. The molecular weight excluding hydrogens is 742 g/mol. The van der Waals surface area contributed by atoms with Gasteiger partial charge in [-0.3, -0.25) is 14.4 Å². The van der Waals surface area contributed by atoms with Crippen molar-refractivity contribution in [1.82, 2.24) is 4.90 Å². The van der Waals surface area contributed by atoms with Crippen molar-refractivity contribution in [2.75, 3.05) is 27.9 Å². The molecule has 2 unspecified atom stereocenters. The zero-order valence-electron chi connectivity index (χ0n) is 35.0. The predicted octanol–water partition coefficient (Wildman–Crippen LogP) is 5.72. The number of piperidine rings is 1. The van der Waals surface area contributed by atoms with Crippen molar-refractivity contribution in [3.8, 4) is 0 Å². The fourth-order valence-electron chi connectivity index (χ4n) is 9.36. The average molecular weight is 810 g/mol. The smallest absolute Gasteiger partial charge is 0.329 e. The number of esters is 1. The van der Waals surface area contributed by atoms with Gasteiger partial charge in [0.15, 0.2) is 0 Å². The van der Waals surface area contributed by atoms with Crippen LogP contribution in [0.1, 0.15) is 112 Å². The second-order valence-corrected chi connectivity index (χ2v) is 17.7. The maximum absolute atomic E-state index is 14.3. The van der Waals surface area contributed by atoms with Crippen LogP contribution in [0.3, 0.4) is 0 Å². The number of ketones is 2. The summed E-state index contributed by atoms with van der Waals surface area (Å²) in [4.78, 5) is 57.7. The molecule has 1 saturated carbocycles. The highest BCUT2D eigenvalue weighted by Gasteiger charge is 2.56. The molecule has 318 valence electrons. The maximum Gasteiger partial charge on any atom is 0.329 e. The third-order valence-electron chi connectivity index (χ3n) is 12.8. The Balaban J connectivity index is 1.76. The summed E-state index contributed by atoms with van der Waals surface area (Å²) in [5, 5.41) is 23.6. The number of rotatable bonds is 6. The Labute approximate surface area is 339 Å². The van der Waals surface area contributed by atoms with Crippen molar-refractivity contribution in [2.24, 2.45) is 29.6 Å². The van der Waals surface area contributed by atoms with Gasteiger partial charge < -0.3 is 38.8 Å². The van der Waals surface area contributed by atoms with Gasteiger partial charge >= 0.3 is 5.97 Å². The van der Waals surface area contributed by atoms with Crippen molar-refractivity contribution >= 4 is 35.0 Å². The number of halogens is 1. The van der Waals surface area contributed by atoms with Crippen molar-refractivity contribution in [2.45, 2.75) is 166 Å². The number of amides is 1. The van der Waals surface area contributed by atoms with Crippen LogP contribution in [0, 0.1) is 29.6 Å². The van der Waals surface area contributed by atoms with E-state index >= 15 is 0 Å². The molecule has 0 spiro atoms. The van der Waals surface area contributed by atoms with E-state index in [1.54, 1.807) is 21.0 Å². The Morgan fingerprint density at radius 1 is 0.964 bits per heavy atom. The van der Waals surface area contributed by atoms with Crippen molar-refractivity contribution in [3.63, 3.8) is 0 Å². The monoisotopic (exact) mass is 809 g/mol. The fraction of sp³-hybridized carbons (Fsp3) is 0.814. The molecule has 1 amide bonds. The van der Waals surface area contributed by atoms with Gasteiger partial charge in [0.2, 0.25) is 5.79 Å². The molecule has 0 aromatic carbocycles. The van der Waals surface area contributed by atoms with Gasteiger partial charge in [-0.2, -0.15) is 0 Å². The lowest BCUT2D eigenvalue weighted by atomic mass is 9.82. The number of methoxy groups -OCH3 is 3. The quantitative estimate of drug-likeness (QED) is 0.146. The molecule has 4 aliphatic rings. The van der Waals surface area contributed by atoms with E-state index in [9.17, 15) is 29.4 Å². The van der Waals surface area contributed by atoms with E-state index in [2.05, 4.69) is 6.92 Å². The maximum atomic E-state index is 14.3. The van der Waals surface area contributed by atoms with Gasteiger partial charge in [-0.15, -0.1) is 11.6 Å². The topological polar surface area (TPSA) is 158 Å². The summed E-state index contributed by atoms with van der Waals surface area (Å²) in [5.41, 5.74) is 1.71. The van der Waals surface area contributed by atoms with Crippen LogP contribution in [0.4, 0.5) is 0 Å². The Hall–Kier alpha value is -2.19. The van der Waals surface area contributed by atoms with E-state index in [-0.39, 0.29) is 54.9 Å². The van der Waals surface area contributed by atoms with Crippen LogP contribution in [0.5, 0.6) is 0 Å². The number of aliphatic hydroxyl groups excluding tert-OH is 1. The van der Waals surface area contributed by atoms with Gasteiger partial charge in [0.25, 0.3) is 11.7 Å². The van der Waals surface area contributed by atoms with Crippen LogP contribution in [0.15, 0.2) is 23.3 Å². The minimum atomic E-state index is -2.49. The summed E-state index contributed by atoms with van der Waals surface area (Å²) in [6.45, 7) is 11.3. The Morgan fingerprint density at radius 2 is 1.62 bits per heavy atom. The molecular formula is C43H68ClNO11. The highest BCUT2D eigenvalue weighted by molar-refractivity contribution is 6.39. The lowest BCUT2D eigenvalue weighted by molar-refractivity contribution is -0.302. The number of ether oxygens (including phenoxy) is 5. The Bertz CT molecular complexity index is 1440. The number of fused-ring (bicyclic) bond motifs is 3. The number of alkyl halides is 1. The summed E-state index contributed by atoms with van der Waals surface area (Å²) in [6, 6.07) is -1.12. The summed E-state index contributed by atoms with van der Waals surface area (Å²) in [5.74, 6) is -7.31. The fourth-order valence-corrected chi connectivity index (χ4v) is 9.69.